The van der Waals surface area contributed by atoms with Crippen molar-refractivity contribution in [2.75, 3.05) is 19.6 Å². The van der Waals surface area contributed by atoms with Crippen molar-refractivity contribution in [3.8, 4) is 0 Å². The van der Waals surface area contributed by atoms with E-state index in [0.29, 0.717) is 16.7 Å². The molecule has 216 valence electrons. The molecule has 10 aliphatic rings. The minimum atomic E-state index is 0.571. The Morgan fingerprint density at radius 1 is 0.750 bits per heavy atom. The van der Waals surface area contributed by atoms with Gasteiger partial charge < -0.3 is 5.32 Å². The number of allylic oxidation sites excluding steroid dienone is 7. The number of hydrogen-bond acceptors (Lipinski definition) is 2. The van der Waals surface area contributed by atoms with Crippen LogP contribution in [-0.4, -0.2) is 25.8 Å². The first-order valence-electron chi connectivity index (χ1n) is 17.4. The van der Waals surface area contributed by atoms with E-state index in [0.717, 1.165) is 61.1 Å². The van der Waals surface area contributed by atoms with Crippen LogP contribution in [0.5, 0.6) is 0 Å². The average molecular weight is 539 g/mol. The van der Waals surface area contributed by atoms with Crippen LogP contribution >= 0.6 is 0 Å². The first-order valence-corrected chi connectivity index (χ1v) is 17.4. The van der Waals surface area contributed by atoms with Gasteiger partial charge in [0.25, 0.3) is 0 Å². The Morgan fingerprint density at radius 2 is 1.32 bits per heavy atom. The summed E-state index contributed by atoms with van der Waals surface area (Å²) in [7, 11) is 0. The second-order valence-corrected chi connectivity index (χ2v) is 16.7. The molecule has 0 heterocycles. The Hall–Kier alpha value is -1.41. The Bertz CT molecular complexity index is 1090. The normalized spacial score (nSPS) is 47.0. The Labute approximate surface area is 244 Å². The summed E-state index contributed by atoms with van der Waals surface area (Å²) >= 11 is 0. The van der Waals surface area contributed by atoms with Gasteiger partial charge in [-0.15, -0.1) is 0 Å². The van der Waals surface area contributed by atoms with Crippen LogP contribution in [0.1, 0.15) is 104 Å². The summed E-state index contributed by atoms with van der Waals surface area (Å²) in [6.45, 7) is 7.68. The maximum Gasteiger partial charge on any atom is 0.0514 e. The second-order valence-electron chi connectivity index (χ2n) is 16.7. The third-order valence-electron chi connectivity index (χ3n) is 13.4. The molecule has 0 amide bonds. The van der Waals surface area contributed by atoms with Gasteiger partial charge in [-0.3, -0.25) is 4.99 Å². The van der Waals surface area contributed by atoms with Crippen LogP contribution in [0.15, 0.2) is 51.6 Å². The van der Waals surface area contributed by atoms with E-state index in [1.54, 1.807) is 38.5 Å². The monoisotopic (exact) mass is 538 g/mol. The summed E-state index contributed by atoms with van der Waals surface area (Å²) in [5, 5.41) is 3.80. The largest absolute Gasteiger partial charge is 0.314 e. The first-order chi connectivity index (χ1) is 19.4. The van der Waals surface area contributed by atoms with E-state index in [1.165, 1.54) is 68.1 Å². The number of aliphatic imine (C=N–C) groups is 1. The van der Waals surface area contributed by atoms with E-state index in [-0.39, 0.29) is 0 Å². The first kappa shape index (κ1) is 26.2. The summed E-state index contributed by atoms with van der Waals surface area (Å²) < 4.78 is 0. The molecule has 1 N–H and O–H groups in total. The maximum atomic E-state index is 4.94. The molecule has 2 unspecified atom stereocenters. The van der Waals surface area contributed by atoms with Gasteiger partial charge in [0.1, 0.15) is 0 Å². The van der Waals surface area contributed by atoms with E-state index < -0.39 is 0 Å². The molecular formula is C38H54N2. The fraction of sp³-hybridized carbons (Fsp3) is 0.763. The Balaban J connectivity index is 0.827. The minimum Gasteiger partial charge on any atom is -0.314 e. The van der Waals surface area contributed by atoms with Crippen molar-refractivity contribution in [3.63, 3.8) is 0 Å². The summed E-state index contributed by atoms with van der Waals surface area (Å²) in [5.74, 6) is 7.63. The lowest BCUT2D eigenvalue weighted by Gasteiger charge is -2.59. The van der Waals surface area contributed by atoms with Crippen LogP contribution in [0, 0.1) is 58.2 Å². The predicted molar refractivity (Wildman–Crippen MR) is 167 cm³/mol. The number of nitrogens with zero attached hydrogens (tertiary/aromatic N) is 1. The molecule has 0 spiro atoms. The fourth-order valence-electron chi connectivity index (χ4n) is 12.9. The summed E-state index contributed by atoms with van der Waals surface area (Å²) in [5.41, 5.74) is 7.49. The Morgan fingerprint density at radius 3 is 1.95 bits per heavy atom. The second kappa shape index (κ2) is 10.1. The maximum absolute atomic E-state index is 4.94. The van der Waals surface area contributed by atoms with Gasteiger partial charge >= 0.3 is 0 Å². The third-order valence-corrected chi connectivity index (χ3v) is 13.4. The van der Waals surface area contributed by atoms with Crippen molar-refractivity contribution in [3.05, 3.63) is 46.6 Å². The molecule has 0 aromatic rings. The fourth-order valence-corrected chi connectivity index (χ4v) is 12.9. The zero-order chi connectivity index (χ0) is 26.9. The summed E-state index contributed by atoms with van der Waals surface area (Å²) in [6.07, 6.45) is 33.3. The molecule has 0 saturated heterocycles. The molecule has 10 rings (SSSR count). The van der Waals surface area contributed by atoms with Crippen LogP contribution in [0.25, 0.3) is 0 Å². The van der Waals surface area contributed by atoms with Crippen molar-refractivity contribution in [2.45, 2.75) is 104 Å². The molecule has 2 atom stereocenters. The van der Waals surface area contributed by atoms with E-state index in [2.05, 4.69) is 49.7 Å². The van der Waals surface area contributed by atoms with Gasteiger partial charge in [-0.1, -0.05) is 41.0 Å². The van der Waals surface area contributed by atoms with Crippen LogP contribution in [0.2, 0.25) is 0 Å². The van der Waals surface area contributed by atoms with E-state index >= 15 is 0 Å². The number of hydrogen-bond donors (Lipinski definition) is 1. The van der Waals surface area contributed by atoms with Crippen LogP contribution in [0.3, 0.4) is 0 Å². The molecule has 40 heavy (non-hydrogen) atoms. The highest BCUT2D eigenvalue weighted by atomic mass is 14.9. The quantitative estimate of drug-likeness (QED) is 0.242. The summed E-state index contributed by atoms with van der Waals surface area (Å²) in [4.78, 5) is 4.94. The van der Waals surface area contributed by atoms with Gasteiger partial charge in [0.15, 0.2) is 0 Å². The van der Waals surface area contributed by atoms with Crippen molar-refractivity contribution in [1.29, 1.82) is 0 Å². The molecular weight excluding hydrogens is 484 g/mol. The molecule has 0 aromatic carbocycles. The van der Waals surface area contributed by atoms with E-state index in [1.807, 2.05) is 5.57 Å². The third kappa shape index (κ3) is 4.87. The average Bonchev–Trinajstić information content (AvgIpc) is 2.89. The van der Waals surface area contributed by atoms with Gasteiger partial charge in [-0.05, 0) is 167 Å². The molecule has 0 radical (unpaired) electrons. The highest BCUT2D eigenvalue weighted by molar-refractivity contribution is 5.80. The van der Waals surface area contributed by atoms with E-state index in [9.17, 15) is 0 Å². The summed E-state index contributed by atoms with van der Waals surface area (Å²) in [6, 6.07) is 0. The molecule has 8 bridgehead atoms. The minimum absolute atomic E-state index is 0.571. The molecule has 10 aliphatic carbocycles. The molecule has 2 heteroatoms. The van der Waals surface area contributed by atoms with Crippen LogP contribution in [-0.2, 0) is 0 Å². The Kier molecular flexibility index (Phi) is 6.62. The lowest BCUT2D eigenvalue weighted by molar-refractivity contribution is -0.0763. The number of rotatable bonds is 8. The van der Waals surface area contributed by atoms with Gasteiger partial charge in [0, 0.05) is 19.3 Å². The molecule has 0 aromatic heterocycles. The highest BCUT2D eigenvalue weighted by Crippen LogP contribution is 2.65. The van der Waals surface area contributed by atoms with Crippen LogP contribution in [0.4, 0.5) is 0 Å². The van der Waals surface area contributed by atoms with E-state index in [4.69, 9.17) is 4.99 Å². The molecule has 8 fully saturated rings. The van der Waals surface area contributed by atoms with Gasteiger partial charge in [-0.2, -0.15) is 0 Å². The molecule has 0 aliphatic heterocycles. The van der Waals surface area contributed by atoms with Gasteiger partial charge in [-0.25, -0.2) is 0 Å². The standard InChI is InChI=1S/C38H54N2/c1-25-5-33(15-35(7-25)37-17-27-9-28(18-37)11-29(10-27)19-37)23-39-3-4-40-24-34-6-26(2)8-36(16-34)38-20-30-12-31(21-38)14-32(13-30)22-38/h5-8,23,27-32,34-35,40H,3-4,9-22,24H2,1-2H3/b39-23+. The SMILES string of the molecule is CC1=CC(CNCC/N=C/C2=CC(C)=CC(C34CC5CC(CC(C5)C3)C4)C2)CC(C23CC4CC(CC(C4)C2)C3)=C1. The van der Waals surface area contributed by atoms with Crippen molar-refractivity contribution < 1.29 is 0 Å². The predicted octanol–water partition coefficient (Wildman–Crippen LogP) is 8.86. The van der Waals surface area contributed by atoms with Crippen molar-refractivity contribution >= 4 is 6.21 Å². The van der Waals surface area contributed by atoms with Gasteiger partial charge in [0.05, 0.1) is 6.54 Å². The van der Waals surface area contributed by atoms with Crippen molar-refractivity contribution in [1.82, 2.24) is 5.32 Å². The van der Waals surface area contributed by atoms with Crippen LogP contribution < -0.4 is 5.32 Å². The zero-order valence-electron chi connectivity index (χ0n) is 25.5. The zero-order valence-corrected chi connectivity index (χ0v) is 25.5. The van der Waals surface area contributed by atoms with Crippen molar-refractivity contribution in [2.24, 2.45) is 63.2 Å². The lowest BCUT2D eigenvalue weighted by Crippen LogP contribution is -2.49. The van der Waals surface area contributed by atoms with Gasteiger partial charge in [0.2, 0.25) is 0 Å². The topological polar surface area (TPSA) is 24.4 Å². The highest BCUT2D eigenvalue weighted by Gasteiger charge is 2.54. The smallest absolute Gasteiger partial charge is 0.0514 e. The molecule has 2 nitrogen and oxygen atoms in total. The molecule has 8 saturated carbocycles. The lowest BCUT2D eigenvalue weighted by atomic mass is 9.45. The number of nitrogens with one attached hydrogen (secondary N) is 1.